The first-order valence-corrected chi connectivity index (χ1v) is 12.2. The van der Waals surface area contributed by atoms with Crippen molar-refractivity contribution < 1.29 is 22.8 Å². The summed E-state index contributed by atoms with van der Waals surface area (Å²) in [6.07, 6.45) is -4.55. The van der Waals surface area contributed by atoms with Crippen LogP contribution < -0.4 is 21.3 Å². The molecule has 2 amide bonds. The number of rotatable bonds is 8. The molecule has 1 aromatic heterocycles. The predicted octanol–water partition coefficient (Wildman–Crippen LogP) is 5.76. The van der Waals surface area contributed by atoms with Gasteiger partial charge in [0.2, 0.25) is 0 Å². The van der Waals surface area contributed by atoms with Crippen molar-refractivity contribution in [2.24, 2.45) is 0 Å². The zero-order chi connectivity index (χ0) is 26.6. The first kappa shape index (κ1) is 26.1. The van der Waals surface area contributed by atoms with Crippen molar-refractivity contribution in [1.29, 1.82) is 0 Å². The molecule has 1 heterocycles. The second-order valence-electron chi connectivity index (χ2n) is 8.25. The Morgan fingerprint density at radius 1 is 0.919 bits per heavy atom. The Balaban J connectivity index is 1.48. The van der Waals surface area contributed by atoms with Crippen molar-refractivity contribution in [1.82, 2.24) is 10.3 Å². The third kappa shape index (κ3) is 6.43. The van der Waals surface area contributed by atoms with E-state index in [1.54, 1.807) is 43.3 Å². The van der Waals surface area contributed by atoms with Crippen LogP contribution in [0.15, 0.2) is 60.7 Å². The Bertz CT molecular complexity index is 1450. The van der Waals surface area contributed by atoms with E-state index in [0.717, 1.165) is 46.1 Å². The number of nitrogens with zero attached hydrogens (tertiary/aromatic N) is 1. The van der Waals surface area contributed by atoms with Crippen LogP contribution in [0.25, 0.3) is 10.2 Å². The van der Waals surface area contributed by atoms with Crippen LogP contribution in [-0.4, -0.2) is 36.9 Å². The van der Waals surface area contributed by atoms with Crippen LogP contribution in [0.4, 0.5) is 29.7 Å². The summed E-state index contributed by atoms with van der Waals surface area (Å²) in [7, 11) is 1.87. The molecule has 0 unspecified atom stereocenters. The summed E-state index contributed by atoms with van der Waals surface area (Å²) in [5, 5.41) is 12.5. The van der Waals surface area contributed by atoms with Gasteiger partial charge >= 0.3 is 6.18 Å². The predicted molar refractivity (Wildman–Crippen MR) is 141 cm³/mol. The van der Waals surface area contributed by atoms with Gasteiger partial charge in [0.25, 0.3) is 11.8 Å². The van der Waals surface area contributed by atoms with Gasteiger partial charge in [0, 0.05) is 35.6 Å². The first-order valence-electron chi connectivity index (χ1n) is 11.3. The van der Waals surface area contributed by atoms with Crippen molar-refractivity contribution in [3.8, 4) is 0 Å². The lowest BCUT2D eigenvalue weighted by molar-refractivity contribution is -0.137. The molecular weight excluding hydrogens is 503 g/mol. The molecule has 0 spiro atoms. The van der Waals surface area contributed by atoms with Gasteiger partial charge in [-0.1, -0.05) is 23.5 Å². The highest BCUT2D eigenvalue weighted by Crippen LogP contribution is 2.30. The second-order valence-corrected chi connectivity index (χ2v) is 9.28. The van der Waals surface area contributed by atoms with Crippen molar-refractivity contribution in [2.75, 3.05) is 36.1 Å². The molecule has 0 aliphatic heterocycles. The summed E-state index contributed by atoms with van der Waals surface area (Å²) in [4.78, 5) is 30.0. The molecule has 0 fully saturated rings. The quantitative estimate of drug-likeness (QED) is 0.219. The third-order valence-electron chi connectivity index (χ3n) is 5.50. The molecule has 4 N–H and O–H groups in total. The van der Waals surface area contributed by atoms with Gasteiger partial charge < -0.3 is 21.3 Å². The number of alkyl halides is 3. The number of carbonyl (C=O) groups is 2. The summed E-state index contributed by atoms with van der Waals surface area (Å²) >= 11 is 1.45. The monoisotopic (exact) mass is 527 g/mol. The van der Waals surface area contributed by atoms with E-state index in [2.05, 4.69) is 26.3 Å². The van der Waals surface area contributed by atoms with Gasteiger partial charge in [0.05, 0.1) is 15.8 Å². The summed E-state index contributed by atoms with van der Waals surface area (Å²) in [6, 6.07) is 14.3. The highest BCUT2D eigenvalue weighted by molar-refractivity contribution is 7.22. The second kappa shape index (κ2) is 11.0. The zero-order valence-corrected chi connectivity index (χ0v) is 20.8. The van der Waals surface area contributed by atoms with Crippen LogP contribution in [0.2, 0.25) is 0 Å². The minimum Gasteiger partial charge on any atom is -0.360 e. The molecule has 0 radical (unpaired) electrons. The fraction of sp³-hybridized carbons (Fsp3) is 0.192. The Hall–Kier alpha value is -3.96. The van der Waals surface area contributed by atoms with Crippen molar-refractivity contribution in [3.63, 3.8) is 0 Å². The summed E-state index contributed by atoms with van der Waals surface area (Å²) in [5.74, 6) is -1.04. The number of hydrogen-bond donors (Lipinski definition) is 4. The Labute approximate surface area is 215 Å². The van der Waals surface area contributed by atoms with E-state index in [1.165, 1.54) is 23.5 Å². The lowest BCUT2D eigenvalue weighted by atomic mass is 10.1. The Morgan fingerprint density at radius 3 is 2.43 bits per heavy atom. The van der Waals surface area contributed by atoms with E-state index in [-0.39, 0.29) is 11.5 Å². The number of nitrogens with one attached hydrogen (secondary N) is 4. The summed E-state index contributed by atoms with van der Waals surface area (Å²) < 4.78 is 39.8. The maximum Gasteiger partial charge on any atom is 0.416 e. The fourth-order valence-corrected chi connectivity index (χ4v) is 4.44. The molecule has 0 atom stereocenters. The van der Waals surface area contributed by atoms with Gasteiger partial charge in [-0.05, 0) is 68.1 Å². The number of likely N-dealkylation sites (N-methyl/N-ethyl adjacent to an activating group) is 1. The number of carbonyl (C=O) groups excluding carboxylic acids is 2. The van der Waals surface area contributed by atoms with Crippen LogP contribution in [0.5, 0.6) is 0 Å². The molecule has 3 aromatic carbocycles. The smallest absolute Gasteiger partial charge is 0.360 e. The van der Waals surface area contributed by atoms with E-state index >= 15 is 0 Å². The van der Waals surface area contributed by atoms with Gasteiger partial charge in [-0.2, -0.15) is 13.2 Å². The largest absolute Gasteiger partial charge is 0.416 e. The number of fused-ring (bicyclic) bond motifs is 1. The average Bonchev–Trinajstić information content (AvgIpc) is 3.27. The van der Waals surface area contributed by atoms with E-state index < -0.39 is 17.6 Å². The average molecular weight is 528 g/mol. The van der Waals surface area contributed by atoms with Gasteiger partial charge in [0.15, 0.2) is 5.13 Å². The van der Waals surface area contributed by atoms with E-state index in [4.69, 9.17) is 0 Å². The third-order valence-corrected chi connectivity index (χ3v) is 6.47. The fourth-order valence-electron chi connectivity index (χ4n) is 3.50. The Morgan fingerprint density at radius 2 is 1.68 bits per heavy atom. The number of thiazole rings is 1. The number of aryl methyl sites for hydroxylation is 1. The van der Waals surface area contributed by atoms with E-state index in [0.29, 0.717) is 16.9 Å². The molecule has 11 heteroatoms. The topological polar surface area (TPSA) is 95.2 Å². The molecule has 4 aromatic rings. The Kier molecular flexibility index (Phi) is 7.74. The summed E-state index contributed by atoms with van der Waals surface area (Å²) in [5.41, 5.74) is 1.73. The van der Waals surface area contributed by atoms with Crippen LogP contribution >= 0.6 is 11.3 Å². The molecule has 0 saturated heterocycles. The van der Waals surface area contributed by atoms with E-state index in [9.17, 15) is 22.8 Å². The molecule has 0 saturated carbocycles. The van der Waals surface area contributed by atoms with Crippen LogP contribution in [0.3, 0.4) is 0 Å². The maximum absolute atomic E-state index is 13.0. The zero-order valence-electron chi connectivity index (χ0n) is 20.0. The van der Waals surface area contributed by atoms with Gasteiger partial charge in [-0.15, -0.1) is 0 Å². The standard InChI is InChI=1S/C26H24F3N5O2S/c1-15-6-8-19(32-23(35)16-4-3-5-18(12-16)26(27,28)29)14-21(15)33-24(36)17-7-9-20-22(13-17)37-25(34-20)31-11-10-30-2/h3-9,12-14,30H,10-11H2,1-2H3,(H,31,34)(H,32,35)(H,33,36). The van der Waals surface area contributed by atoms with Gasteiger partial charge in [-0.3, -0.25) is 9.59 Å². The maximum atomic E-state index is 13.0. The minimum absolute atomic E-state index is 0.126. The number of amides is 2. The van der Waals surface area contributed by atoms with Crippen LogP contribution in [-0.2, 0) is 6.18 Å². The molecule has 0 aliphatic rings. The van der Waals surface area contributed by atoms with Crippen molar-refractivity contribution in [3.05, 3.63) is 82.9 Å². The highest BCUT2D eigenvalue weighted by Gasteiger charge is 2.30. The SMILES string of the molecule is CNCCNc1nc2ccc(C(=O)Nc3cc(NC(=O)c4cccc(C(F)(F)F)c4)ccc3C)cc2s1. The normalized spacial score (nSPS) is 11.4. The van der Waals surface area contributed by atoms with Gasteiger partial charge in [-0.25, -0.2) is 4.98 Å². The molecule has 0 bridgehead atoms. The van der Waals surface area contributed by atoms with Crippen molar-refractivity contribution in [2.45, 2.75) is 13.1 Å². The first-order chi connectivity index (χ1) is 17.6. The molecule has 192 valence electrons. The van der Waals surface area contributed by atoms with Crippen LogP contribution in [0, 0.1) is 6.92 Å². The molecule has 4 rings (SSSR count). The molecule has 37 heavy (non-hydrogen) atoms. The number of anilines is 3. The van der Waals surface area contributed by atoms with Crippen molar-refractivity contribution >= 4 is 49.9 Å². The lowest BCUT2D eigenvalue weighted by Gasteiger charge is -2.13. The molecular formula is C26H24F3N5O2S. The van der Waals surface area contributed by atoms with Gasteiger partial charge in [0.1, 0.15) is 0 Å². The number of halogens is 3. The van der Waals surface area contributed by atoms with Crippen LogP contribution in [0.1, 0.15) is 31.8 Å². The molecule has 0 aliphatic carbocycles. The van der Waals surface area contributed by atoms with E-state index in [1.807, 2.05) is 7.05 Å². The lowest BCUT2D eigenvalue weighted by Crippen LogP contribution is -2.17. The summed E-state index contributed by atoms with van der Waals surface area (Å²) in [6.45, 7) is 3.31. The number of benzene rings is 3. The highest BCUT2D eigenvalue weighted by atomic mass is 32.1. The number of aromatic nitrogens is 1. The molecule has 7 nitrogen and oxygen atoms in total. The minimum atomic E-state index is -4.55. The number of hydrogen-bond acceptors (Lipinski definition) is 6.